The van der Waals surface area contributed by atoms with E-state index in [0.29, 0.717) is 5.41 Å². The highest BCUT2D eigenvalue weighted by atomic mass is 32.2. The van der Waals surface area contributed by atoms with Gasteiger partial charge in [-0.2, -0.15) is 11.8 Å². The second kappa shape index (κ2) is 6.80. The van der Waals surface area contributed by atoms with Crippen molar-refractivity contribution in [2.75, 3.05) is 31.1 Å². The van der Waals surface area contributed by atoms with Crippen LogP contribution in [-0.4, -0.2) is 36.0 Å². The lowest BCUT2D eigenvalue weighted by Gasteiger charge is -2.26. The van der Waals surface area contributed by atoms with Gasteiger partial charge < -0.3 is 4.90 Å². The first-order valence-electron chi connectivity index (χ1n) is 6.38. The van der Waals surface area contributed by atoms with E-state index in [1.54, 1.807) is 0 Å². The molecule has 0 bridgehead atoms. The number of hydrogen-bond donors (Lipinski definition) is 0. The molecule has 0 spiro atoms. The Morgan fingerprint density at radius 2 is 1.67 bits per heavy atom. The molecule has 0 aromatic heterocycles. The van der Waals surface area contributed by atoms with Gasteiger partial charge in [0.15, 0.2) is 0 Å². The predicted octanol–water partition coefficient (Wildman–Crippen LogP) is 3.64. The normalized spacial score (nSPS) is 19.4. The maximum atomic E-state index is 2.63. The summed E-state index contributed by atoms with van der Waals surface area (Å²) >= 11 is 2.10. The van der Waals surface area contributed by atoms with Crippen molar-refractivity contribution >= 4 is 11.8 Å². The Kier molecular flexibility index (Phi) is 6.06. The maximum absolute atomic E-state index is 2.63. The van der Waals surface area contributed by atoms with Crippen molar-refractivity contribution in [3.05, 3.63) is 0 Å². The lowest BCUT2D eigenvalue weighted by molar-refractivity contribution is 0.287. The van der Waals surface area contributed by atoms with Crippen LogP contribution in [0.25, 0.3) is 0 Å². The van der Waals surface area contributed by atoms with Crippen molar-refractivity contribution in [2.24, 2.45) is 5.41 Å². The topological polar surface area (TPSA) is 3.24 Å². The summed E-state index contributed by atoms with van der Waals surface area (Å²) in [7, 11) is 0. The Morgan fingerprint density at radius 3 is 2.27 bits per heavy atom. The first-order valence-corrected chi connectivity index (χ1v) is 7.53. The van der Waals surface area contributed by atoms with E-state index in [0.717, 1.165) is 0 Å². The van der Waals surface area contributed by atoms with E-state index in [9.17, 15) is 0 Å². The summed E-state index contributed by atoms with van der Waals surface area (Å²) in [6.45, 7) is 11.0. The number of nitrogens with zero attached hydrogens (tertiary/aromatic N) is 1. The predicted molar refractivity (Wildman–Crippen MR) is 71.7 cm³/mol. The fraction of sp³-hybridized carbons (Fsp3) is 1.00. The monoisotopic (exact) mass is 229 g/mol. The smallest absolute Gasteiger partial charge is 0.00727 e. The highest BCUT2D eigenvalue weighted by Gasteiger charge is 2.11. The molecular formula is C13H27NS. The minimum atomic E-state index is 0.530. The van der Waals surface area contributed by atoms with E-state index in [2.05, 4.69) is 37.4 Å². The molecule has 90 valence electrons. The van der Waals surface area contributed by atoms with Crippen LogP contribution >= 0.6 is 11.8 Å². The van der Waals surface area contributed by atoms with E-state index in [1.165, 1.54) is 56.8 Å². The quantitative estimate of drug-likeness (QED) is 0.662. The first-order chi connectivity index (χ1) is 7.08. The van der Waals surface area contributed by atoms with E-state index < -0.39 is 0 Å². The molecular weight excluding hydrogens is 202 g/mol. The molecule has 1 saturated heterocycles. The zero-order chi connectivity index (χ0) is 11.1. The van der Waals surface area contributed by atoms with Crippen LogP contribution in [0, 0.1) is 5.41 Å². The highest BCUT2D eigenvalue weighted by Crippen LogP contribution is 2.22. The number of unbranched alkanes of at least 4 members (excludes halogenated alkanes) is 2. The molecule has 1 heterocycles. The van der Waals surface area contributed by atoms with E-state index in [1.807, 2.05) is 0 Å². The van der Waals surface area contributed by atoms with Gasteiger partial charge in [0.25, 0.3) is 0 Å². The van der Waals surface area contributed by atoms with E-state index in [-0.39, 0.29) is 0 Å². The van der Waals surface area contributed by atoms with E-state index >= 15 is 0 Å². The molecule has 0 radical (unpaired) electrons. The van der Waals surface area contributed by atoms with Crippen LogP contribution in [0.4, 0.5) is 0 Å². The van der Waals surface area contributed by atoms with Crippen LogP contribution in [-0.2, 0) is 0 Å². The van der Waals surface area contributed by atoms with Gasteiger partial charge in [-0.1, -0.05) is 33.6 Å². The molecule has 0 N–H and O–H groups in total. The summed E-state index contributed by atoms with van der Waals surface area (Å²) in [6.07, 6.45) is 5.61. The number of thioether (sulfide) groups is 1. The molecule has 0 atom stereocenters. The average Bonchev–Trinajstić information content (AvgIpc) is 2.17. The molecule has 0 saturated carbocycles. The van der Waals surface area contributed by atoms with Crippen molar-refractivity contribution in [1.29, 1.82) is 0 Å². The lowest BCUT2D eigenvalue weighted by atomic mass is 9.89. The Bertz CT molecular complexity index is 156. The second-order valence-electron chi connectivity index (χ2n) is 5.83. The maximum Gasteiger partial charge on any atom is 0.00727 e. The van der Waals surface area contributed by atoms with Gasteiger partial charge in [-0.3, -0.25) is 0 Å². The van der Waals surface area contributed by atoms with Crippen LogP contribution in [0.2, 0.25) is 0 Å². The third-order valence-corrected chi connectivity index (χ3v) is 3.95. The van der Waals surface area contributed by atoms with Crippen LogP contribution in [0.3, 0.4) is 0 Å². The Labute approximate surface area is 100.0 Å². The molecule has 0 aliphatic carbocycles. The minimum Gasteiger partial charge on any atom is -0.302 e. The molecule has 1 nitrogen and oxygen atoms in total. The first kappa shape index (κ1) is 13.4. The molecule has 0 amide bonds. The number of rotatable bonds is 5. The minimum absolute atomic E-state index is 0.530. The van der Waals surface area contributed by atoms with Gasteiger partial charge in [-0.25, -0.2) is 0 Å². The number of hydrogen-bond acceptors (Lipinski definition) is 2. The zero-order valence-corrected chi connectivity index (χ0v) is 11.5. The fourth-order valence-electron chi connectivity index (χ4n) is 1.99. The van der Waals surface area contributed by atoms with Crippen molar-refractivity contribution in [1.82, 2.24) is 4.90 Å². The third kappa shape index (κ3) is 7.24. The van der Waals surface area contributed by atoms with Crippen LogP contribution < -0.4 is 0 Å². The largest absolute Gasteiger partial charge is 0.302 e. The molecule has 0 unspecified atom stereocenters. The Hall–Kier alpha value is 0.310. The summed E-state index contributed by atoms with van der Waals surface area (Å²) in [5.41, 5.74) is 0.530. The summed E-state index contributed by atoms with van der Waals surface area (Å²) in [6, 6.07) is 0. The Morgan fingerprint density at radius 1 is 1.00 bits per heavy atom. The molecule has 0 aromatic rings. The van der Waals surface area contributed by atoms with Gasteiger partial charge in [0, 0.05) is 24.6 Å². The van der Waals surface area contributed by atoms with Gasteiger partial charge in [-0.05, 0) is 24.8 Å². The van der Waals surface area contributed by atoms with Gasteiger partial charge in [-0.15, -0.1) is 0 Å². The molecule has 1 aliphatic rings. The molecule has 2 heteroatoms. The van der Waals surface area contributed by atoms with Crippen molar-refractivity contribution in [3.63, 3.8) is 0 Å². The van der Waals surface area contributed by atoms with Crippen LogP contribution in [0.5, 0.6) is 0 Å². The molecule has 1 rings (SSSR count). The molecule has 0 aromatic carbocycles. The van der Waals surface area contributed by atoms with E-state index in [4.69, 9.17) is 0 Å². The third-order valence-electron chi connectivity index (χ3n) is 3.00. The van der Waals surface area contributed by atoms with Crippen molar-refractivity contribution in [2.45, 2.75) is 46.5 Å². The summed E-state index contributed by atoms with van der Waals surface area (Å²) in [5, 5.41) is 0. The standard InChI is InChI=1S/C13H27NS/c1-13(2,3)7-5-4-6-8-14-9-11-15-12-10-14/h4-12H2,1-3H3. The summed E-state index contributed by atoms with van der Waals surface area (Å²) in [4.78, 5) is 2.63. The lowest BCUT2D eigenvalue weighted by Crippen LogP contribution is -2.33. The van der Waals surface area contributed by atoms with Gasteiger partial charge in [0.2, 0.25) is 0 Å². The molecule has 15 heavy (non-hydrogen) atoms. The van der Waals surface area contributed by atoms with Crippen molar-refractivity contribution in [3.8, 4) is 0 Å². The van der Waals surface area contributed by atoms with Crippen LogP contribution in [0.1, 0.15) is 46.5 Å². The fourth-order valence-corrected chi connectivity index (χ4v) is 2.97. The van der Waals surface area contributed by atoms with Gasteiger partial charge >= 0.3 is 0 Å². The molecule has 1 fully saturated rings. The summed E-state index contributed by atoms with van der Waals surface area (Å²) in [5.74, 6) is 2.70. The van der Waals surface area contributed by atoms with Crippen LogP contribution in [0.15, 0.2) is 0 Å². The van der Waals surface area contributed by atoms with Gasteiger partial charge in [0.1, 0.15) is 0 Å². The summed E-state index contributed by atoms with van der Waals surface area (Å²) < 4.78 is 0. The Balaban J connectivity index is 1.92. The highest BCUT2D eigenvalue weighted by molar-refractivity contribution is 7.99. The average molecular weight is 229 g/mol. The SMILES string of the molecule is CC(C)(C)CCCCCN1CCSCC1. The van der Waals surface area contributed by atoms with Crippen molar-refractivity contribution < 1.29 is 0 Å². The molecule has 1 aliphatic heterocycles. The van der Waals surface area contributed by atoms with Gasteiger partial charge in [0.05, 0.1) is 0 Å². The zero-order valence-electron chi connectivity index (χ0n) is 10.7. The second-order valence-corrected chi connectivity index (χ2v) is 7.05.